The second-order valence-electron chi connectivity index (χ2n) is 5.85. The van der Waals surface area contributed by atoms with Crippen molar-refractivity contribution in [3.05, 3.63) is 36.4 Å². The van der Waals surface area contributed by atoms with Crippen molar-refractivity contribution in [3.63, 3.8) is 0 Å². The first-order valence-corrected chi connectivity index (χ1v) is 7.69. The number of nitrogens with one attached hydrogen (secondary N) is 1. The molecule has 21 heavy (non-hydrogen) atoms. The van der Waals surface area contributed by atoms with E-state index in [1.54, 1.807) is 0 Å². The van der Waals surface area contributed by atoms with E-state index in [-0.39, 0.29) is 0 Å². The summed E-state index contributed by atoms with van der Waals surface area (Å²) < 4.78 is 0. The van der Waals surface area contributed by atoms with Crippen LogP contribution in [-0.4, -0.2) is 16.0 Å². The van der Waals surface area contributed by atoms with Gasteiger partial charge in [0.1, 0.15) is 11.6 Å². The Labute approximate surface area is 125 Å². The molecule has 0 spiro atoms. The van der Waals surface area contributed by atoms with Crippen LogP contribution in [0.5, 0.6) is 0 Å². The maximum Gasteiger partial charge on any atom is 0.163 e. The third-order valence-electron chi connectivity index (χ3n) is 4.26. The van der Waals surface area contributed by atoms with Crippen LogP contribution in [-0.2, 0) is 0 Å². The van der Waals surface area contributed by atoms with E-state index in [9.17, 15) is 0 Å². The van der Waals surface area contributed by atoms with Crippen LogP contribution in [0.2, 0.25) is 0 Å². The lowest BCUT2D eigenvalue weighted by atomic mass is 10.00. The summed E-state index contributed by atoms with van der Waals surface area (Å²) in [6.07, 6.45) is 5.30. The molecule has 4 heteroatoms. The second kappa shape index (κ2) is 6.12. The first-order chi connectivity index (χ1) is 10.2. The predicted octanol–water partition coefficient (Wildman–Crippen LogP) is 3.72. The minimum Gasteiger partial charge on any atom is -0.384 e. The number of aromatic nitrogens is 2. The Hall–Kier alpha value is -2.10. The molecular weight excluding hydrogens is 260 g/mol. The maximum absolute atomic E-state index is 5.93. The molecule has 0 saturated heterocycles. The van der Waals surface area contributed by atoms with Gasteiger partial charge in [-0.05, 0) is 25.7 Å². The molecule has 1 aliphatic carbocycles. The molecule has 3 rings (SSSR count). The van der Waals surface area contributed by atoms with Crippen LogP contribution in [0.3, 0.4) is 0 Å². The lowest BCUT2D eigenvalue weighted by molar-refractivity contribution is 0.481. The van der Waals surface area contributed by atoms with Gasteiger partial charge < -0.3 is 11.1 Å². The van der Waals surface area contributed by atoms with Crippen LogP contribution in [0.1, 0.15) is 32.6 Å². The van der Waals surface area contributed by atoms with Gasteiger partial charge in [0.05, 0.1) is 0 Å². The quantitative estimate of drug-likeness (QED) is 0.897. The van der Waals surface area contributed by atoms with E-state index in [4.69, 9.17) is 5.73 Å². The number of nitrogens with zero attached hydrogens (tertiary/aromatic N) is 2. The molecule has 0 bridgehead atoms. The first-order valence-electron chi connectivity index (χ1n) is 7.69. The molecule has 0 radical (unpaired) electrons. The lowest BCUT2D eigenvalue weighted by Crippen LogP contribution is -2.24. The van der Waals surface area contributed by atoms with Crippen LogP contribution in [0, 0.1) is 5.92 Å². The Bertz CT molecular complexity index is 591. The molecule has 1 aromatic carbocycles. The van der Waals surface area contributed by atoms with Crippen molar-refractivity contribution >= 4 is 11.6 Å². The van der Waals surface area contributed by atoms with Crippen molar-refractivity contribution in [2.24, 2.45) is 5.92 Å². The molecule has 1 saturated carbocycles. The van der Waals surface area contributed by atoms with Crippen molar-refractivity contribution in [2.45, 2.75) is 38.6 Å². The Morgan fingerprint density at radius 1 is 1.14 bits per heavy atom. The molecule has 1 unspecified atom stereocenters. The molecule has 2 aromatic rings. The molecule has 1 aromatic heterocycles. The zero-order valence-corrected chi connectivity index (χ0v) is 12.4. The summed E-state index contributed by atoms with van der Waals surface area (Å²) in [4.78, 5) is 8.95. The molecule has 1 aliphatic rings. The fourth-order valence-electron chi connectivity index (χ4n) is 3.06. The van der Waals surface area contributed by atoms with Gasteiger partial charge in [-0.1, -0.05) is 43.2 Å². The Morgan fingerprint density at radius 3 is 2.57 bits per heavy atom. The van der Waals surface area contributed by atoms with Crippen LogP contribution in [0.25, 0.3) is 11.4 Å². The van der Waals surface area contributed by atoms with Crippen molar-refractivity contribution in [1.82, 2.24) is 9.97 Å². The van der Waals surface area contributed by atoms with E-state index < -0.39 is 0 Å². The highest BCUT2D eigenvalue weighted by Crippen LogP contribution is 2.29. The number of hydrogen-bond acceptors (Lipinski definition) is 4. The normalized spacial score (nSPS) is 16.8. The summed E-state index contributed by atoms with van der Waals surface area (Å²) in [5.74, 6) is 2.74. The fraction of sp³-hybridized carbons (Fsp3) is 0.412. The van der Waals surface area contributed by atoms with E-state index in [0.29, 0.717) is 17.7 Å². The van der Waals surface area contributed by atoms with Gasteiger partial charge in [-0.15, -0.1) is 0 Å². The molecule has 1 heterocycles. The lowest BCUT2D eigenvalue weighted by Gasteiger charge is -2.21. The Morgan fingerprint density at radius 2 is 1.86 bits per heavy atom. The average Bonchev–Trinajstić information content (AvgIpc) is 3.02. The molecule has 0 aliphatic heterocycles. The molecule has 110 valence electrons. The Balaban J connectivity index is 1.81. The summed E-state index contributed by atoms with van der Waals surface area (Å²) >= 11 is 0. The van der Waals surface area contributed by atoms with Gasteiger partial charge in [0.25, 0.3) is 0 Å². The van der Waals surface area contributed by atoms with Gasteiger partial charge in [0, 0.05) is 17.7 Å². The zero-order valence-electron chi connectivity index (χ0n) is 12.4. The summed E-state index contributed by atoms with van der Waals surface area (Å²) in [6, 6.07) is 12.2. The predicted molar refractivity (Wildman–Crippen MR) is 86.9 cm³/mol. The highest BCUT2D eigenvalue weighted by molar-refractivity contribution is 5.60. The van der Waals surface area contributed by atoms with Gasteiger partial charge in [-0.2, -0.15) is 0 Å². The van der Waals surface area contributed by atoms with Crippen molar-refractivity contribution < 1.29 is 0 Å². The summed E-state index contributed by atoms with van der Waals surface area (Å²) in [6.45, 7) is 2.23. The number of nitrogens with two attached hydrogens (primary N) is 1. The van der Waals surface area contributed by atoms with Crippen LogP contribution in [0.4, 0.5) is 11.6 Å². The standard InChI is InChI=1S/C17H22N4/c1-12(13-7-5-6-8-13)19-16-11-15(18)20-17(21-16)14-9-3-2-4-10-14/h2-4,9-13H,5-8H2,1H3,(H3,18,19,20,21). The second-order valence-corrected chi connectivity index (χ2v) is 5.85. The van der Waals surface area contributed by atoms with E-state index in [1.807, 2.05) is 36.4 Å². The molecule has 1 fully saturated rings. The number of nitrogen functional groups attached to an aromatic ring is 1. The van der Waals surface area contributed by atoms with Gasteiger partial charge in [-0.25, -0.2) is 9.97 Å². The third-order valence-corrected chi connectivity index (χ3v) is 4.26. The maximum atomic E-state index is 5.93. The topological polar surface area (TPSA) is 63.8 Å². The zero-order chi connectivity index (χ0) is 14.7. The average molecular weight is 282 g/mol. The van der Waals surface area contributed by atoms with Gasteiger partial charge in [0.2, 0.25) is 0 Å². The molecule has 1 atom stereocenters. The number of rotatable bonds is 4. The summed E-state index contributed by atoms with van der Waals surface area (Å²) in [5, 5.41) is 3.50. The third kappa shape index (κ3) is 3.32. The van der Waals surface area contributed by atoms with Crippen molar-refractivity contribution in [3.8, 4) is 11.4 Å². The van der Waals surface area contributed by atoms with E-state index in [1.165, 1.54) is 25.7 Å². The van der Waals surface area contributed by atoms with Gasteiger partial charge in [0.15, 0.2) is 5.82 Å². The highest BCUT2D eigenvalue weighted by Gasteiger charge is 2.21. The van der Waals surface area contributed by atoms with Crippen LogP contribution >= 0.6 is 0 Å². The van der Waals surface area contributed by atoms with E-state index in [2.05, 4.69) is 22.2 Å². The molecule has 4 nitrogen and oxygen atoms in total. The van der Waals surface area contributed by atoms with E-state index in [0.717, 1.165) is 17.3 Å². The van der Waals surface area contributed by atoms with Gasteiger partial charge in [-0.3, -0.25) is 0 Å². The van der Waals surface area contributed by atoms with Crippen molar-refractivity contribution in [1.29, 1.82) is 0 Å². The largest absolute Gasteiger partial charge is 0.384 e. The summed E-state index contributed by atoms with van der Waals surface area (Å²) in [7, 11) is 0. The molecule has 0 amide bonds. The smallest absolute Gasteiger partial charge is 0.163 e. The molecule has 3 N–H and O–H groups in total. The minimum absolute atomic E-state index is 0.422. The Kier molecular flexibility index (Phi) is 4.04. The first kappa shape index (κ1) is 13.9. The summed E-state index contributed by atoms with van der Waals surface area (Å²) in [5.41, 5.74) is 6.92. The SMILES string of the molecule is CC(Nc1cc(N)nc(-c2ccccc2)n1)C1CCCC1. The van der Waals surface area contributed by atoms with Gasteiger partial charge >= 0.3 is 0 Å². The minimum atomic E-state index is 0.422. The number of anilines is 2. The van der Waals surface area contributed by atoms with Crippen LogP contribution < -0.4 is 11.1 Å². The van der Waals surface area contributed by atoms with E-state index >= 15 is 0 Å². The number of hydrogen-bond donors (Lipinski definition) is 2. The highest BCUT2D eigenvalue weighted by atomic mass is 15.1. The van der Waals surface area contributed by atoms with Crippen molar-refractivity contribution in [2.75, 3.05) is 11.1 Å². The monoisotopic (exact) mass is 282 g/mol. The van der Waals surface area contributed by atoms with Crippen LogP contribution in [0.15, 0.2) is 36.4 Å². The molecular formula is C17H22N4. The number of benzene rings is 1. The fourth-order valence-corrected chi connectivity index (χ4v) is 3.06.